The van der Waals surface area contributed by atoms with Gasteiger partial charge < -0.3 is 14.9 Å². The predicted molar refractivity (Wildman–Crippen MR) is 98.7 cm³/mol. The van der Waals surface area contributed by atoms with Gasteiger partial charge in [0.25, 0.3) is 0 Å². The lowest BCUT2D eigenvalue weighted by atomic mass is 9.85. The minimum absolute atomic E-state index is 0.254. The van der Waals surface area contributed by atoms with Crippen molar-refractivity contribution in [1.29, 1.82) is 0 Å². The summed E-state index contributed by atoms with van der Waals surface area (Å²) >= 11 is 0. The van der Waals surface area contributed by atoms with Gasteiger partial charge in [-0.3, -0.25) is 0 Å². The lowest BCUT2D eigenvalue weighted by Gasteiger charge is -2.40. The Balaban J connectivity index is 2.17. The highest BCUT2D eigenvalue weighted by Crippen LogP contribution is 2.41. The Morgan fingerprint density at radius 3 is 2.75 bits per heavy atom. The highest BCUT2D eigenvalue weighted by atomic mass is 16.5. The smallest absolute Gasteiger partial charge is 0.133 e. The van der Waals surface area contributed by atoms with Crippen LogP contribution < -0.4 is 4.74 Å². The van der Waals surface area contributed by atoms with E-state index in [1.165, 1.54) is 18.4 Å². The van der Waals surface area contributed by atoms with Crippen LogP contribution >= 0.6 is 0 Å². The minimum Gasteiger partial charge on any atom is -0.508 e. The third-order valence-corrected chi connectivity index (χ3v) is 4.95. The Kier molecular flexibility index (Phi) is 6.34. The molecule has 0 fully saturated rings. The number of fused-ring (bicyclic) bond motifs is 1. The molecule has 0 spiro atoms. The Hall–Kier alpha value is -1.48. The van der Waals surface area contributed by atoms with Gasteiger partial charge in [0.15, 0.2) is 0 Å². The van der Waals surface area contributed by atoms with E-state index in [0.29, 0.717) is 6.42 Å². The monoisotopic (exact) mass is 332 g/mol. The van der Waals surface area contributed by atoms with Crippen LogP contribution in [0.2, 0.25) is 0 Å². The molecule has 3 nitrogen and oxygen atoms in total. The summed E-state index contributed by atoms with van der Waals surface area (Å²) in [6, 6.07) is 3.88. The zero-order valence-electron chi connectivity index (χ0n) is 15.6. The second-order valence-electron chi connectivity index (χ2n) is 7.50. The summed E-state index contributed by atoms with van der Waals surface area (Å²) in [5.74, 6) is 0.996. The van der Waals surface area contributed by atoms with Gasteiger partial charge in [0.05, 0.1) is 6.10 Å². The van der Waals surface area contributed by atoms with E-state index in [4.69, 9.17) is 4.74 Å². The standard InChI is InChI=1S/C21H32O3/c1-5-6-7-10-16-12-18(22)17-14-20(23)21(4,24-19(17)13-16)11-8-9-15(2)3/h9,12-13,20,22-23H,5-8,10-11,14H2,1-4H3/t20-,21+/m1/s1. The van der Waals surface area contributed by atoms with Crippen LogP contribution in [-0.2, 0) is 12.8 Å². The Bertz CT molecular complexity index is 587. The number of benzene rings is 1. The molecule has 2 N–H and O–H groups in total. The van der Waals surface area contributed by atoms with Crippen molar-refractivity contribution in [1.82, 2.24) is 0 Å². The summed E-state index contributed by atoms with van der Waals surface area (Å²) in [6.07, 6.45) is 8.11. The van der Waals surface area contributed by atoms with Crippen molar-refractivity contribution in [3.05, 3.63) is 34.9 Å². The first-order valence-corrected chi connectivity index (χ1v) is 9.21. The fraction of sp³-hybridized carbons (Fsp3) is 0.619. The van der Waals surface area contributed by atoms with Gasteiger partial charge >= 0.3 is 0 Å². The highest BCUT2D eigenvalue weighted by Gasteiger charge is 2.40. The molecular weight excluding hydrogens is 300 g/mol. The van der Waals surface area contributed by atoms with Gasteiger partial charge in [-0.2, -0.15) is 0 Å². The van der Waals surface area contributed by atoms with Gasteiger partial charge in [-0.1, -0.05) is 31.4 Å². The van der Waals surface area contributed by atoms with Crippen LogP contribution in [0.3, 0.4) is 0 Å². The molecule has 1 aliphatic rings. The number of aliphatic hydroxyl groups is 1. The molecular formula is C21H32O3. The predicted octanol–water partition coefficient (Wildman–Crippen LogP) is 4.93. The van der Waals surface area contributed by atoms with Crippen molar-refractivity contribution in [3.8, 4) is 11.5 Å². The van der Waals surface area contributed by atoms with E-state index in [1.54, 1.807) is 0 Å². The van der Waals surface area contributed by atoms with Crippen LogP contribution in [0, 0.1) is 0 Å². The Morgan fingerprint density at radius 2 is 2.08 bits per heavy atom. The van der Waals surface area contributed by atoms with Crippen LogP contribution in [0.25, 0.3) is 0 Å². The number of hydrogen-bond donors (Lipinski definition) is 2. The van der Waals surface area contributed by atoms with E-state index < -0.39 is 11.7 Å². The number of aromatic hydroxyl groups is 1. The zero-order valence-corrected chi connectivity index (χ0v) is 15.6. The normalized spacial score (nSPS) is 22.6. The van der Waals surface area contributed by atoms with Crippen LogP contribution in [0.5, 0.6) is 11.5 Å². The van der Waals surface area contributed by atoms with E-state index in [-0.39, 0.29) is 5.75 Å². The quantitative estimate of drug-likeness (QED) is 0.550. The number of unbranched alkanes of at least 4 members (excludes halogenated alkanes) is 2. The van der Waals surface area contributed by atoms with Crippen molar-refractivity contribution < 1.29 is 14.9 Å². The molecule has 0 aliphatic carbocycles. The maximum Gasteiger partial charge on any atom is 0.133 e. The van der Waals surface area contributed by atoms with Gasteiger partial charge in [0.2, 0.25) is 0 Å². The largest absolute Gasteiger partial charge is 0.508 e. The summed E-state index contributed by atoms with van der Waals surface area (Å²) in [4.78, 5) is 0. The fourth-order valence-corrected chi connectivity index (χ4v) is 3.30. The molecule has 0 saturated carbocycles. The lowest BCUT2D eigenvalue weighted by molar-refractivity contribution is -0.0592. The first-order valence-electron chi connectivity index (χ1n) is 9.21. The molecule has 1 heterocycles. The topological polar surface area (TPSA) is 49.7 Å². The van der Waals surface area contributed by atoms with E-state index in [0.717, 1.165) is 42.6 Å². The van der Waals surface area contributed by atoms with E-state index in [1.807, 2.05) is 13.0 Å². The second kappa shape index (κ2) is 8.06. The van der Waals surface area contributed by atoms with Crippen LogP contribution in [0.15, 0.2) is 23.8 Å². The molecule has 1 aliphatic heterocycles. The van der Waals surface area contributed by atoms with Gasteiger partial charge in [-0.05, 0) is 64.2 Å². The second-order valence-corrected chi connectivity index (χ2v) is 7.50. The van der Waals surface area contributed by atoms with Crippen molar-refractivity contribution in [2.24, 2.45) is 0 Å². The molecule has 0 unspecified atom stereocenters. The fourth-order valence-electron chi connectivity index (χ4n) is 3.30. The van der Waals surface area contributed by atoms with Crippen molar-refractivity contribution in [3.63, 3.8) is 0 Å². The van der Waals surface area contributed by atoms with E-state index in [2.05, 4.69) is 32.9 Å². The van der Waals surface area contributed by atoms with Gasteiger partial charge in [0.1, 0.15) is 17.1 Å². The number of rotatable bonds is 7. The van der Waals surface area contributed by atoms with Gasteiger partial charge in [0, 0.05) is 12.0 Å². The van der Waals surface area contributed by atoms with Crippen LogP contribution in [0.1, 0.15) is 70.9 Å². The highest BCUT2D eigenvalue weighted by molar-refractivity contribution is 5.49. The first-order chi connectivity index (χ1) is 11.4. The molecule has 134 valence electrons. The number of allylic oxidation sites excluding steroid dienone is 2. The van der Waals surface area contributed by atoms with Gasteiger partial charge in [-0.15, -0.1) is 0 Å². The average molecular weight is 332 g/mol. The molecule has 0 amide bonds. The molecule has 1 aromatic carbocycles. The average Bonchev–Trinajstić information content (AvgIpc) is 2.49. The third-order valence-electron chi connectivity index (χ3n) is 4.95. The molecule has 1 aromatic rings. The summed E-state index contributed by atoms with van der Waals surface area (Å²) in [5, 5.41) is 20.9. The van der Waals surface area contributed by atoms with Crippen LogP contribution in [-0.4, -0.2) is 21.9 Å². The first kappa shape index (κ1) is 18.9. The maximum atomic E-state index is 10.6. The molecule has 0 radical (unpaired) electrons. The lowest BCUT2D eigenvalue weighted by Crippen LogP contribution is -2.48. The number of phenolic OH excluding ortho intramolecular Hbond substituents is 1. The molecule has 0 aromatic heterocycles. The molecule has 0 bridgehead atoms. The number of hydrogen-bond acceptors (Lipinski definition) is 3. The van der Waals surface area contributed by atoms with Crippen molar-refractivity contribution in [2.45, 2.75) is 84.3 Å². The Labute approximate surface area is 146 Å². The summed E-state index contributed by atoms with van der Waals surface area (Å²) in [6.45, 7) is 8.32. The summed E-state index contributed by atoms with van der Waals surface area (Å²) < 4.78 is 6.20. The third kappa shape index (κ3) is 4.54. The minimum atomic E-state index is -0.604. The molecule has 3 heteroatoms. The molecule has 2 rings (SSSR count). The SMILES string of the molecule is CCCCCc1cc(O)c2c(c1)O[C@@](C)(CCC=C(C)C)[C@H](O)C2. The van der Waals surface area contributed by atoms with Crippen LogP contribution in [0.4, 0.5) is 0 Å². The molecule has 2 atom stereocenters. The number of phenols is 1. The Morgan fingerprint density at radius 1 is 1.33 bits per heavy atom. The maximum absolute atomic E-state index is 10.6. The van der Waals surface area contributed by atoms with Crippen molar-refractivity contribution in [2.75, 3.05) is 0 Å². The number of aryl methyl sites for hydroxylation is 1. The zero-order chi connectivity index (χ0) is 17.7. The van der Waals surface area contributed by atoms with E-state index >= 15 is 0 Å². The van der Waals surface area contributed by atoms with E-state index in [9.17, 15) is 10.2 Å². The molecule has 24 heavy (non-hydrogen) atoms. The van der Waals surface area contributed by atoms with Gasteiger partial charge in [-0.25, -0.2) is 0 Å². The van der Waals surface area contributed by atoms with Crippen molar-refractivity contribution >= 4 is 0 Å². The number of aliphatic hydroxyl groups excluding tert-OH is 1. The summed E-state index contributed by atoms with van der Waals surface area (Å²) in [7, 11) is 0. The molecule has 0 saturated heterocycles. The number of ether oxygens (including phenoxy) is 1. The summed E-state index contributed by atoms with van der Waals surface area (Å²) in [5.41, 5.74) is 2.53.